The van der Waals surface area contributed by atoms with E-state index in [0.717, 1.165) is 0 Å². The molecule has 0 atom stereocenters. The molecule has 0 radical (unpaired) electrons. The van der Waals surface area contributed by atoms with Crippen molar-refractivity contribution in [3.8, 4) is 0 Å². The van der Waals surface area contributed by atoms with Gasteiger partial charge in [0.1, 0.15) is 0 Å². The van der Waals surface area contributed by atoms with Crippen molar-refractivity contribution in [3.05, 3.63) is 36.4 Å². The summed E-state index contributed by atoms with van der Waals surface area (Å²) < 4.78 is 2.36. The van der Waals surface area contributed by atoms with Gasteiger partial charge >= 0.3 is 0 Å². The zero-order valence-electron chi connectivity index (χ0n) is 9.54. The molecular weight excluding hydrogens is 186 g/mol. The molecule has 0 aliphatic rings. The molecule has 1 nitrogen and oxygen atoms in total. The van der Waals surface area contributed by atoms with E-state index in [9.17, 15) is 0 Å². The minimum atomic E-state index is -1.46. The minimum absolute atomic E-state index is 1.28. The quantitative estimate of drug-likeness (QED) is 0.685. The molecule has 0 fully saturated rings. The normalized spacial score (nSPS) is 11.8. The Bertz CT molecular complexity index is 329. The lowest BCUT2D eigenvalue weighted by atomic mass is 10.2. The van der Waals surface area contributed by atoms with E-state index in [0.29, 0.717) is 0 Å². The summed E-state index contributed by atoms with van der Waals surface area (Å²) >= 11 is 0. The summed E-state index contributed by atoms with van der Waals surface area (Å²) in [5.74, 6) is 0. The van der Waals surface area contributed by atoms with Gasteiger partial charge in [-0.2, -0.15) is 0 Å². The first-order valence-corrected chi connectivity index (χ1v) is 7.84. The molecule has 0 saturated heterocycles. The van der Waals surface area contributed by atoms with Crippen LogP contribution in [0.15, 0.2) is 30.8 Å². The molecule has 1 aromatic rings. The van der Waals surface area contributed by atoms with Crippen LogP contribution in [0.5, 0.6) is 0 Å². The lowest BCUT2D eigenvalue weighted by Gasteiger charge is -2.31. The second kappa shape index (κ2) is 4.11. The van der Waals surface area contributed by atoms with Crippen molar-refractivity contribution in [2.75, 3.05) is 14.1 Å². The molecule has 0 N–H and O–H groups in total. The number of benzene rings is 1. The van der Waals surface area contributed by atoms with Crippen LogP contribution in [-0.2, 0) is 0 Å². The molecule has 0 bridgehead atoms. The van der Waals surface area contributed by atoms with E-state index in [-0.39, 0.29) is 0 Å². The largest absolute Gasteiger partial charge is 0.326 e. The van der Waals surface area contributed by atoms with Crippen LogP contribution in [0.4, 0.5) is 0 Å². The molecule has 0 spiro atoms. The van der Waals surface area contributed by atoms with Gasteiger partial charge in [0.15, 0.2) is 8.24 Å². The fraction of sp³-hybridized carbons (Fsp3) is 0.333. The molecule has 0 aliphatic carbocycles. The Hall–Kier alpha value is -0.863. The Balaban J connectivity index is 3.24. The minimum Gasteiger partial charge on any atom is -0.326 e. The lowest BCUT2D eigenvalue weighted by molar-refractivity contribution is 0.633. The van der Waals surface area contributed by atoms with E-state index in [4.69, 9.17) is 0 Å². The highest BCUT2D eigenvalue weighted by Gasteiger charge is 2.27. The summed E-state index contributed by atoms with van der Waals surface area (Å²) in [7, 11) is 2.86. The van der Waals surface area contributed by atoms with Gasteiger partial charge < -0.3 is 4.57 Å². The van der Waals surface area contributed by atoms with Crippen LogP contribution in [0.3, 0.4) is 0 Å². The molecule has 0 amide bonds. The monoisotopic (exact) mass is 205 g/mol. The zero-order valence-corrected chi connectivity index (χ0v) is 10.5. The van der Waals surface area contributed by atoms with Crippen LogP contribution in [0, 0.1) is 0 Å². The van der Waals surface area contributed by atoms with Crippen molar-refractivity contribution in [3.63, 3.8) is 0 Å². The lowest BCUT2D eigenvalue weighted by Crippen LogP contribution is -2.55. The molecule has 1 rings (SSSR count). The molecule has 14 heavy (non-hydrogen) atoms. The topological polar surface area (TPSA) is 3.24 Å². The van der Waals surface area contributed by atoms with Gasteiger partial charge in [-0.05, 0) is 24.8 Å². The summed E-state index contributed by atoms with van der Waals surface area (Å²) in [6.07, 6.45) is 1.95. The molecular formula is C12H19NSi. The average Bonchev–Trinajstić information content (AvgIpc) is 2.17. The van der Waals surface area contributed by atoms with E-state index in [1.165, 1.54) is 10.8 Å². The molecule has 0 heterocycles. The third-order valence-corrected chi connectivity index (χ3v) is 6.97. The first kappa shape index (κ1) is 11.2. The van der Waals surface area contributed by atoms with Crippen molar-refractivity contribution in [1.82, 2.24) is 4.57 Å². The van der Waals surface area contributed by atoms with E-state index in [1.54, 1.807) is 0 Å². The van der Waals surface area contributed by atoms with Gasteiger partial charge in [-0.3, -0.25) is 0 Å². The standard InChI is InChI=1S/C12H19NSi/c1-6-11-9-7-8-10-12(11)14(4,5)13(2)3/h6-10H,1H2,2-5H3. The van der Waals surface area contributed by atoms with Crippen LogP contribution < -0.4 is 5.19 Å². The predicted octanol–water partition coefficient (Wildman–Crippen LogP) is 2.30. The van der Waals surface area contributed by atoms with E-state index < -0.39 is 8.24 Å². The smallest absolute Gasteiger partial charge is 0.154 e. The molecule has 0 aliphatic heterocycles. The van der Waals surface area contributed by atoms with Gasteiger partial charge in [0.25, 0.3) is 0 Å². The Morgan fingerprint density at radius 2 is 1.79 bits per heavy atom. The second-order valence-electron chi connectivity index (χ2n) is 4.24. The van der Waals surface area contributed by atoms with Crippen molar-refractivity contribution < 1.29 is 0 Å². The number of hydrogen-bond donors (Lipinski definition) is 0. The Labute approximate surface area is 88.2 Å². The number of hydrogen-bond acceptors (Lipinski definition) is 1. The van der Waals surface area contributed by atoms with Crippen LogP contribution in [-0.4, -0.2) is 26.9 Å². The second-order valence-corrected chi connectivity index (χ2v) is 8.80. The van der Waals surface area contributed by atoms with Crippen LogP contribution in [0.1, 0.15) is 5.56 Å². The van der Waals surface area contributed by atoms with Gasteiger partial charge in [0.05, 0.1) is 0 Å². The SMILES string of the molecule is C=Cc1ccccc1[Si](C)(C)N(C)C. The van der Waals surface area contributed by atoms with Crippen LogP contribution in [0.25, 0.3) is 6.08 Å². The Morgan fingerprint density at radius 1 is 1.21 bits per heavy atom. The molecule has 0 aromatic heterocycles. The van der Waals surface area contributed by atoms with Gasteiger partial charge in [0.2, 0.25) is 0 Å². The summed E-state index contributed by atoms with van der Waals surface area (Å²) in [6.45, 7) is 8.58. The summed E-state index contributed by atoms with van der Waals surface area (Å²) in [5.41, 5.74) is 1.28. The Kier molecular flexibility index (Phi) is 3.29. The summed E-state index contributed by atoms with van der Waals surface area (Å²) in [4.78, 5) is 0. The van der Waals surface area contributed by atoms with Gasteiger partial charge in [-0.25, -0.2) is 0 Å². The van der Waals surface area contributed by atoms with Gasteiger partial charge in [-0.1, -0.05) is 50.0 Å². The fourth-order valence-corrected chi connectivity index (χ4v) is 3.35. The first-order valence-electron chi connectivity index (χ1n) is 4.89. The van der Waals surface area contributed by atoms with Crippen molar-refractivity contribution >= 4 is 19.5 Å². The van der Waals surface area contributed by atoms with Crippen molar-refractivity contribution in [2.45, 2.75) is 13.1 Å². The van der Waals surface area contributed by atoms with Gasteiger partial charge in [-0.15, -0.1) is 0 Å². The van der Waals surface area contributed by atoms with E-state index >= 15 is 0 Å². The van der Waals surface area contributed by atoms with E-state index in [2.05, 4.69) is 62.6 Å². The molecule has 76 valence electrons. The predicted molar refractivity (Wildman–Crippen MR) is 67.3 cm³/mol. The highest BCUT2D eigenvalue weighted by molar-refractivity contribution is 6.87. The van der Waals surface area contributed by atoms with Crippen molar-refractivity contribution in [2.24, 2.45) is 0 Å². The summed E-state index contributed by atoms with van der Waals surface area (Å²) in [6, 6.07) is 8.55. The average molecular weight is 205 g/mol. The third kappa shape index (κ3) is 1.96. The Morgan fingerprint density at radius 3 is 2.29 bits per heavy atom. The maximum absolute atomic E-state index is 3.87. The highest BCUT2D eigenvalue weighted by atomic mass is 28.3. The van der Waals surface area contributed by atoms with E-state index in [1.807, 2.05) is 6.08 Å². The number of rotatable bonds is 3. The number of nitrogens with zero attached hydrogens (tertiary/aromatic N) is 1. The van der Waals surface area contributed by atoms with Crippen molar-refractivity contribution in [1.29, 1.82) is 0 Å². The third-order valence-electron chi connectivity index (χ3n) is 2.96. The first-order chi connectivity index (χ1) is 6.50. The molecule has 0 unspecified atom stereocenters. The molecule has 0 saturated carbocycles. The summed E-state index contributed by atoms with van der Waals surface area (Å²) in [5, 5.41) is 1.46. The zero-order chi connectivity index (χ0) is 10.8. The van der Waals surface area contributed by atoms with Crippen LogP contribution in [0.2, 0.25) is 13.1 Å². The maximum Gasteiger partial charge on any atom is 0.154 e. The fourth-order valence-electron chi connectivity index (χ4n) is 1.47. The maximum atomic E-state index is 3.87. The molecule has 1 aromatic carbocycles. The molecule has 2 heteroatoms. The van der Waals surface area contributed by atoms with Gasteiger partial charge in [0, 0.05) is 0 Å². The highest BCUT2D eigenvalue weighted by Crippen LogP contribution is 2.10. The van der Waals surface area contributed by atoms with Crippen LogP contribution >= 0.6 is 0 Å².